The summed E-state index contributed by atoms with van der Waals surface area (Å²) in [4.78, 5) is 30.7. The van der Waals surface area contributed by atoms with Crippen LogP contribution in [0.4, 0.5) is 5.69 Å². The predicted molar refractivity (Wildman–Crippen MR) is 130 cm³/mol. The molecule has 1 amide bonds. The molecule has 32 heavy (non-hydrogen) atoms. The van der Waals surface area contributed by atoms with Crippen LogP contribution < -0.4 is 10.2 Å². The van der Waals surface area contributed by atoms with Crippen LogP contribution in [0.3, 0.4) is 0 Å². The Hall–Kier alpha value is -2.37. The molecule has 1 aliphatic carbocycles. The highest BCUT2D eigenvalue weighted by Crippen LogP contribution is 2.37. The van der Waals surface area contributed by atoms with Crippen molar-refractivity contribution in [1.29, 1.82) is 0 Å². The Bertz CT molecular complexity index is 1020. The van der Waals surface area contributed by atoms with Gasteiger partial charge in [0.15, 0.2) is 5.78 Å². The predicted octanol–water partition coefficient (Wildman–Crippen LogP) is 3.90. The molecule has 1 unspecified atom stereocenters. The van der Waals surface area contributed by atoms with Crippen molar-refractivity contribution in [2.75, 3.05) is 31.2 Å². The third kappa shape index (κ3) is 3.82. The number of para-hydroxylation sites is 1. The topological polar surface area (TPSA) is 52.7 Å². The number of anilines is 1. The van der Waals surface area contributed by atoms with E-state index in [1.165, 1.54) is 16.7 Å². The van der Waals surface area contributed by atoms with Crippen molar-refractivity contribution in [3.63, 3.8) is 0 Å². The molecule has 5 nitrogen and oxygen atoms in total. The van der Waals surface area contributed by atoms with Gasteiger partial charge in [-0.05, 0) is 74.4 Å². The van der Waals surface area contributed by atoms with Gasteiger partial charge in [-0.25, -0.2) is 0 Å². The number of hydrogen-bond donors (Lipinski definition) is 1. The Morgan fingerprint density at radius 1 is 1.03 bits per heavy atom. The molecule has 0 radical (unpaired) electrons. The van der Waals surface area contributed by atoms with Gasteiger partial charge in [-0.15, -0.1) is 12.4 Å². The molecule has 2 aromatic rings. The summed E-state index contributed by atoms with van der Waals surface area (Å²) >= 11 is 0. The number of nitrogens with zero attached hydrogens (tertiary/aromatic N) is 2. The fraction of sp³-hybridized carbons (Fsp3) is 0.462. The number of aryl methyl sites for hydroxylation is 3. The summed E-state index contributed by atoms with van der Waals surface area (Å²) in [5.41, 5.74) is 5.24. The summed E-state index contributed by atoms with van der Waals surface area (Å²) in [6.45, 7) is 7.27. The van der Waals surface area contributed by atoms with E-state index in [1.54, 1.807) is 0 Å². The largest absolute Gasteiger partial charge is 0.339 e. The number of halogens is 1. The zero-order valence-electron chi connectivity index (χ0n) is 18.9. The molecule has 1 spiro atoms. The van der Waals surface area contributed by atoms with Gasteiger partial charge in [-0.3, -0.25) is 9.59 Å². The first kappa shape index (κ1) is 22.8. The number of ketones is 1. The number of Topliss-reactive ketones (excluding diaryl/α,β-unsaturated/α-hetero) is 1. The van der Waals surface area contributed by atoms with Gasteiger partial charge in [0.2, 0.25) is 5.91 Å². The SMILES string of the molecule is Cc1cc2c(cc1C)C(=O)C(CN1CCC3(CC1)C(=O)NCN3c1ccccc1)CC2.Cl. The van der Waals surface area contributed by atoms with Crippen molar-refractivity contribution in [1.82, 2.24) is 10.2 Å². The molecule has 2 fully saturated rings. The molecular weight excluding hydrogens is 422 g/mol. The van der Waals surface area contributed by atoms with E-state index in [1.807, 2.05) is 18.2 Å². The molecule has 1 atom stereocenters. The normalized spacial score (nSPS) is 22.4. The maximum Gasteiger partial charge on any atom is 0.247 e. The zero-order valence-corrected chi connectivity index (χ0v) is 19.7. The Balaban J connectivity index is 0.00000245. The fourth-order valence-corrected chi connectivity index (χ4v) is 5.62. The van der Waals surface area contributed by atoms with E-state index in [-0.39, 0.29) is 24.2 Å². The number of rotatable bonds is 3. The first-order chi connectivity index (χ1) is 15.0. The van der Waals surface area contributed by atoms with Gasteiger partial charge in [0.1, 0.15) is 5.54 Å². The van der Waals surface area contributed by atoms with Gasteiger partial charge in [0.25, 0.3) is 0 Å². The standard InChI is InChI=1S/C26H31N3O2.ClH/c1-18-14-20-8-9-21(24(30)23(20)15-19(18)2)16-28-12-10-26(11-13-28)25(31)27-17-29(26)22-6-4-3-5-7-22;/h3-7,14-15,21H,8-13,16-17H2,1-2H3,(H,27,31);1H. The van der Waals surface area contributed by atoms with Crippen molar-refractivity contribution >= 4 is 29.8 Å². The van der Waals surface area contributed by atoms with E-state index >= 15 is 0 Å². The number of carbonyl (C=O) groups excluding carboxylic acids is 2. The Morgan fingerprint density at radius 3 is 2.44 bits per heavy atom. The lowest BCUT2D eigenvalue weighted by Gasteiger charge is -2.44. The molecule has 2 aromatic carbocycles. The average Bonchev–Trinajstić information content (AvgIpc) is 3.09. The molecule has 0 saturated carbocycles. The summed E-state index contributed by atoms with van der Waals surface area (Å²) in [5.74, 6) is 0.505. The van der Waals surface area contributed by atoms with Crippen LogP contribution in [-0.2, 0) is 11.2 Å². The number of hydrogen-bond acceptors (Lipinski definition) is 4. The summed E-state index contributed by atoms with van der Waals surface area (Å²) in [6, 6.07) is 14.5. The number of likely N-dealkylation sites (tertiary alicyclic amines) is 1. The summed E-state index contributed by atoms with van der Waals surface area (Å²) in [6.07, 6.45) is 3.49. The fourth-order valence-electron chi connectivity index (χ4n) is 5.62. The molecule has 0 aromatic heterocycles. The molecule has 170 valence electrons. The Labute approximate surface area is 196 Å². The van der Waals surface area contributed by atoms with Crippen molar-refractivity contribution < 1.29 is 9.59 Å². The van der Waals surface area contributed by atoms with Crippen LogP contribution in [0.1, 0.15) is 46.3 Å². The smallest absolute Gasteiger partial charge is 0.247 e. The van der Waals surface area contributed by atoms with Crippen LogP contribution >= 0.6 is 12.4 Å². The van der Waals surface area contributed by atoms with Crippen molar-refractivity contribution in [2.24, 2.45) is 5.92 Å². The van der Waals surface area contributed by atoms with E-state index < -0.39 is 5.54 Å². The van der Waals surface area contributed by atoms with Crippen LogP contribution in [0.25, 0.3) is 0 Å². The van der Waals surface area contributed by atoms with E-state index in [0.29, 0.717) is 12.5 Å². The first-order valence-corrected chi connectivity index (χ1v) is 11.5. The van der Waals surface area contributed by atoms with Gasteiger partial charge in [0.05, 0.1) is 6.67 Å². The van der Waals surface area contributed by atoms with Gasteiger partial charge < -0.3 is 15.1 Å². The Morgan fingerprint density at radius 2 is 1.72 bits per heavy atom. The Kier molecular flexibility index (Phi) is 6.33. The molecule has 2 aliphatic heterocycles. The second kappa shape index (κ2) is 8.87. The third-order valence-corrected chi connectivity index (χ3v) is 7.68. The summed E-state index contributed by atoms with van der Waals surface area (Å²) in [5, 5.41) is 3.07. The highest BCUT2D eigenvalue weighted by molar-refractivity contribution is 6.00. The molecular formula is C26H32ClN3O2. The molecule has 3 aliphatic rings. The maximum atomic E-state index is 13.2. The minimum absolute atomic E-state index is 0. The number of fused-ring (bicyclic) bond motifs is 1. The molecule has 0 bridgehead atoms. The van der Waals surface area contributed by atoms with E-state index in [9.17, 15) is 9.59 Å². The number of carbonyl (C=O) groups is 2. The second-order valence-corrected chi connectivity index (χ2v) is 9.45. The van der Waals surface area contributed by atoms with Crippen molar-refractivity contribution in [3.8, 4) is 0 Å². The quantitative estimate of drug-likeness (QED) is 0.765. The van der Waals surface area contributed by atoms with Crippen LogP contribution in [0, 0.1) is 19.8 Å². The summed E-state index contributed by atoms with van der Waals surface area (Å²) in [7, 11) is 0. The second-order valence-electron chi connectivity index (χ2n) is 9.45. The highest BCUT2D eigenvalue weighted by Gasteiger charge is 2.50. The minimum Gasteiger partial charge on any atom is -0.339 e. The molecule has 2 heterocycles. The summed E-state index contributed by atoms with van der Waals surface area (Å²) < 4.78 is 0. The van der Waals surface area contributed by atoms with Crippen molar-refractivity contribution in [3.05, 3.63) is 64.7 Å². The first-order valence-electron chi connectivity index (χ1n) is 11.5. The van der Waals surface area contributed by atoms with Crippen LogP contribution in [0.2, 0.25) is 0 Å². The monoisotopic (exact) mass is 453 g/mol. The maximum absolute atomic E-state index is 13.2. The highest BCUT2D eigenvalue weighted by atomic mass is 35.5. The van der Waals surface area contributed by atoms with Gasteiger partial charge in [0, 0.05) is 36.8 Å². The minimum atomic E-state index is -0.463. The van der Waals surface area contributed by atoms with Crippen LogP contribution in [0.5, 0.6) is 0 Å². The van der Waals surface area contributed by atoms with E-state index in [4.69, 9.17) is 0 Å². The van der Waals surface area contributed by atoms with Crippen LogP contribution in [0.15, 0.2) is 42.5 Å². The molecule has 1 N–H and O–H groups in total. The lowest BCUT2D eigenvalue weighted by Crippen LogP contribution is -2.57. The average molecular weight is 454 g/mol. The van der Waals surface area contributed by atoms with E-state index in [0.717, 1.165) is 56.6 Å². The molecule has 6 heteroatoms. The number of piperidine rings is 1. The third-order valence-electron chi connectivity index (χ3n) is 7.68. The van der Waals surface area contributed by atoms with E-state index in [2.05, 4.69) is 53.2 Å². The zero-order chi connectivity index (χ0) is 21.6. The molecule has 2 saturated heterocycles. The number of nitrogens with one attached hydrogen (secondary N) is 1. The lowest BCUT2D eigenvalue weighted by molar-refractivity contribution is -0.125. The lowest BCUT2D eigenvalue weighted by atomic mass is 9.80. The molecule has 5 rings (SSSR count). The van der Waals surface area contributed by atoms with Crippen LogP contribution in [-0.4, -0.2) is 48.4 Å². The van der Waals surface area contributed by atoms with Gasteiger partial charge >= 0.3 is 0 Å². The van der Waals surface area contributed by atoms with Crippen molar-refractivity contribution in [2.45, 2.75) is 45.1 Å². The van der Waals surface area contributed by atoms with Gasteiger partial charge in [-0.2, -0.15) is 0 Å². The number of amides is 1. The van der Waals surface area contributed by atoms with Gasteiger partial charge in [-0.1, -0.05) is 24.3 Å². The number of benzene rings is 2.